The summed E-state index contributed by atoms with van der Waals surface area (Å²) in [5.74, 6) is 1.65. The number of rotatable bonds is 9. The van der Waals surface area contributed by atoms with Gasteiger partial charge in [-0.2, -0.15) is 0 Å². The molecular formula is C20H24ClN5O2S. The molecule has 29 heavy (non-hydrogen) atoms. The van der Waals surface area contributed by atoms with Crippen LogP contribution in [-0.4, -0.2) is 52.0 Å². The van der Waals surface area contributed by atoms with Crippen molar-refractivity contribution in [1.29, 1.82) is 0 Å². The van der Waals surface area contributed by atoms with Crippen LogP contribution in [0.15, 0.2) is 46.2 Å². The fourth-order valence-corrected chi connectivity index (χ4v) is 3.81. The molecule has 0 bridgehead atoms. The van der Waals surface area contributed by atoms with Gasteiger partial charge < -0.3 is 19.2 Å². The summed E-state index contributed by atoms with van der Waals surface area (Å²) < 4.78 is 7.48. The monoisotopic (exact) mass is 433 g/mol. The SMILES string of the molecule is Cc1occc1-c1nnc(SCC(=O)Nc2cccc(Cl)c2)n1CCCN(C)C. The molecule has 3 rings (SSSR count). The summed E-state index contributed by atoms with van der Waals surface area (Å²) in [4.78, 5) is 14.5. The molecule has 0 spiro atoms. The molecule has 0 radical (unpaired) electrons. The highest BCUT2D eigenvalue weighted by Gasteiger charge is 2.18. The number of furan rings is 1. The predicted molar refractivity (Wildman–Crippen MR) is 116 cm³/mol. The minimum Gasteiger partial charge on any atom is -0.469 e. The Bertz CT molecular complexity index is 969. The molecule has 0 unspecified atom stereocenters. The zero-order valence-corrected chi connectivity index (χ0v) is 18.3. The molecule has 0 atom stereocenters. The number of hydrogen-bond acceptors (Lipinski definition) is 6. The molecule has 0 saturated carbocycles. The topological polar surface area (TPSA) is 76.2 Å². The van der Waals surface area contributed by atoms with E-state index in [2.05, 4.69) is 25.0 Å². The first-order chi connectivity index (χ1) is 13.9. The number of anilines is 1. The van der Waals surface area contributed by atoms with E-state index < -0.39 is 0 Å². The van der Waals surface area contributed by atoms with Gasteiger partial charge in [-0.15, -0.1) is 10.2 Å². The van der Waals surface area contributed by atoms with Gasteiger partial charge in [0, 0.05) is 17.3 Å². The van der Waals surface area contributed by atoms with Crippen LogP contribution >= 0.6 is 23.4 Å². The van der Waals surface area contributed by atoms with Crippen LogP contribution in [0.2, 0.25) is 5.02 Å². The van der Waals surface area contributed by atoms with Gasteiger partial charge in [0.25, 0.3) is 0 Å². The van der Waals surface area contributed by atoms with Crippen molar-refractivity contribution >= 4 is 35.0 Å². The zero-order valence-electron chi connectivity index (χ0n) is 16.7. The van der Waals surface area contributed by atoms with Crippen molar-refractivity contribution in [3.63, 3.8) is 0 Å². The van der Waals surface area contributed by atoms with E-state index in [-0.39, 0.29) is 11.7 Å². The van der Waals surface area contributed by atoms with E-state index >= 15 is 0 Å². The summed E-state index contributed by atoms with van der Waals surface area (Å²) in [7, 11) is 4.09. The fourth-order valence-electron chi connectivity index (χ4n) is 2.85. The molecule has 0 saturated heterocycles. The van der Waals surface area contributed by atoms with E-state index in [4.69, 9.17) is 16.0 Å². The Morgan fingerprint density at radius 3 is 2.83 bits per heavy atom. The number of aryl methyl sites for hydroxylation is 1. The molecule has 1 aromatic carbocycles. The second-order valence-electron chi connectivity index (χ2n) is 6.85. The standard InChI is InChI=1S/C20H24ClN5O2S/c1-14-17(8-11-28-14)19-23-24-20(26(19)10-5-9-25(2)3)29-13-18(27)22-16-7-4-6-15(21)12-16/h4,6-8,11-12H,5,9-10,13H2,1-3H3,(H,22,27). The van der Waals surface area contributed by atoms with E-state index in [0.29, 0.717) is 15.9 Å². The molecule has 1 amide bonds. The Morgan fingerprint density at radius 2 is 2.14 bits per heavy atom. The number of hydrogen-bond donors (Lipinski definition) is 1. The molecule has 3 aromatic rings. The fraction of sp³-hybridized carbons (Fsp3) is 0.350. The molecular weight excluding hydrogens is 410 g/mol. The maximum Gasteiger partial charge on any atom is 0.234 e. The first kappa shape index (κ1) is 21.4. The van der Waals surface area contributed by atoms with Crippen molar-refractivity contribution in [2.24, 2.45) is 0 Å². The van der Waals surface area contributed by atoms with Crippen LogP contribution in [0.1, 0.15) is 12.2 Å². The molecule has 0 aliphatic heterocycles. The van der Waals surface area contributed by atoms with Crippen LogP contribution in [0.25, 0.3) is 11.4 Å². The zero-order chi connectivity index (χ0) is 20.8. The minimum absolute atomic E-state index is 0.124. The first-order valence-electron chi connectivity index (χ1n) is 9.24. The van der Waals surface area contributed by atoms with E-state index in [1.165, 1.54) is 11.8 Å². The molecule has 0 aliphatic rings. The van der Waals surface area contributed by atoms with Gasteiger partial charge in [0.15, 0.2) is 11.0 Å². The number of benzene rings is 1. The Morgan fingerprint density at radius 1 is 1.31 bits per heavy atom. The van der Waals surface area contributed by atoms with Gasteiger partial charge in [-0.1, -0.05) is 29.4 Å². The summed E-state index contributed by atoms with van der Waals surface area (Å²) in [6.07, 6.45) is 2.59. The molecule has 2 heterocycles. The van der Waals surface area contributed by atoms with Gasteiger partial charge in [-0.05, 0) is 58.3 Å². The van der Waals surface area contributed by atoms with Gasteiger partial charge >= 0.3 is 0 Å². The Kier molecular flexibility index (Phi) is 7.35. The number of aromatic nitrogens is 3. The number of carbonyl (C=O) groups excluding carboxylic acids is 1. The van der Waals surface area contributed by atoms with Crippen LogP contribution in [0, 0.1) is 6.92 Å². The highest BCUT2D eigenvalue weighted by atomic mass is 35.5. The Hall–Kier alpha value is -2.29. The number of carbonyl (C=O) groups is 1. The van der Waals surface area contributed by atoms with Gasteiger partial charge in [0.05, 0.1) is 17.6 Å². The first-order valence-corrected chi connectivity index (χ1v) is 10.6. The molecule has 0 fully saturated rings. The van der Waals surface area contributed by atoms with Crippen LogP contribution in [0.5, 0.6) is 0 Å². The lowest BCUT2D eigenvalue weighted by atomic mass is 10.2. The van der Waals surface area contributed by atoms with Crippen LogP contribution in [0.3, 0.4) is 0 Å². The smallest absolute Gasteiger partial charge is 0.234 e. The van der Waals surface area contributed by atoms with Crippen LogP contribution in [0.4, 0.5) is 5.69 Å². The average molecular weight is 434 g/mol. The maximum absolute atomic E-state index is 12.3. The van der Waals surface area contributed by atoms with Crippen molar-refractivity contribution in [3.05, 3.63) is 47.4 Å². The van der Waals surface area contributed by atoms with Crippen molar-refractivity contribution in [2.45, 2.75) is 25.0 Å². The van der Waals surface area contributed by atoms with Gasteiger partial charge in [0.1, 0.15) is 5.76 Å². The van der Waals surface area contributed by atoms with Crippen molar-refractivity contribution in [3.8, 4) is 11.4 Å². The van der Waals surface area contributed by atoms with E-state index in [1.807, 2.05) is 27.1 Å². The van der Waals surface area contributed by atoms with E-state index in [1.54, 1.807) is 30.5 Å². The number of halogens is 1. The van der Waals surface area contributed by atoms with Crippen LogP contribution < -0.4 is 5.32 Å². The summed E-state index contributed by atoms with van der Waals surface area (Å²) in [6, 6.07) is 8.97. The summed E-state index contributed by atoms with van der Waals surface area (Å²) in [6.45, 7) is 3.60. The van der Waals surface area contributed by atoms with Gasteiger partial charge in [-0.3, -0.25) is 4.79 Å². The summed E-state index contributed by atoms with van der Waals surface area (Å²) in [5.41, 5.74) is 1.59. The van der Waals surface area contributed by atoms with E-state index in [0.717, 1.165) is 36.7 Å². The second-order valence-corrected chi connectivity index (χ2v) is 8.23. The molecule has 154 valence electrons. The quantitative estimate of drug-likeness (QED) is 0.510. The number of nitrogens with one attached hydrogen (secondary N) is 1. The molecule has 2 aromatic heterocycles. The molecule has 0 aliphatic carbocycles. The summed E-state index contributed by atoms with van der Waals surface area (Å²) >= 11 is 7.33. The largest absolute Gasteiger partial charge is 0.469 e. The Labute approximate surface area is 179 Å². The van der Waals surface area contributed by atoms with Crippen molar-refractivity contribution < 1.29 is 9.21 Å². The number of amides is 1. The normalized spacial score (nSPS) is 11.2. The number of nitrogens with zero attached hydrogens (tertiary/aromatic N) is 4. The maximum atomic E-state index is 12.3. The Balaban J connectivity index is 1.71. The molecule has 7 nitrogen and oxygen atoms in total. The second kappa shape index (κ2) is 9.96. The summed E-state index contributed by atoms with van der Waals surface area (Å²) in [5, 5.41) is 12.8. The lowest BCUT2D eigenvalue weighted by molar-refractivity contribution is -0.113. The van der Waals surface area contributed by atoms with E-state index in [9.17, 15) is 4.79 Å². The highest BCUT2D eigenvalue weighted by Crippen LogP contribution is 2.27. The third kappa shape index (κ3) is 5.85. The highest BCUT2D eigenvalue weighted by molar-refractivity contribution is 7.99. The number of thioether (sulfide) groups is 1. The molecule has 9 heteroatoms. The van der Waals surface area contributed by atoms with Crippen LogP contribution in [-0.2, 0) is 11.3 Å². The molecule has 1 N–H and O–H groups in total. The van der Waals surface area contributed by atoms with Crippen molar-refractivity contribution in [2.75, 3.05) is 31.7 Å². The van der Waals surface area contributed by atoms with Gasteiger partial charge in [-0.25, -0.2) is 0 Å². The average Bonchev–Trinajstić information content (AvgIpc) is 3.25. The van der Waals surface area contributed by atoms with Gasteiger partial charge in [0.2, 0.25) is 5.91 Å². The lowest BCUT2D eigenvalue weighted by Gasteiger charge is -2.13. The van der Waals surface area contributed by atoms with Crippen molar-refractivity contribution in [1.82, 2.24) is 19.7 Å². The third-order valence-electron chi connectivity index (χ3n) is 4.24. The minimum atomic E-state index is -0.124. The third-order valence-corrected chi connectivity index (χ3v) is 5.45. The lowest BCUT2D eigenvalue weighted by Crippen LogP contribution is -2.16. The predicted octanol–water partition coefficient (Wildman–Crippen LogP) is 4.18.